The van der Waals surface area contributed by atoms with Crippen LogP contribution < -0.4 is 0 Å². The van der Waals surface area contributed by atoms with Gasteiger partial charge in [0.25, 0.3) is 0 Å². The molecule has 0 unspecified atom stereocenters. The zero-order valence-electron chi connectivity index (χ0n) is 9.72. The Morgan fingerprint density at radius 2 is 1.86 bits per heavy atom. The van der Waals surface area contributed by atoms with E-state index in [1.807, 2.05) is 13.8 Å². The first-order valence-corrected chi connectivity index (χ1v) is 5.24. The lowest BCUT2D eigenvalue weighted by Gasteiger charge is -2.31. The second kappa shape index (κ2) is 5.84. The van der Waals surface area contributed by atoms with Crippen LogP contribution in [0.25, 0.3) is 0 Å². The molecule has 14 heavy (non-hydrogen) atoms. The highest BCUT2D eigenvalue weighted by molar-refractivity contribution is 5.87. The summed E-state index contributed by atoms with van der Waals surface area (Å²) in [5.74, 6) is -0.293. The smallest absolute Gasteiger partial charge is 0.333 e. The molecule has 0 spiro atoms. The Morgan fingerprint density at radius 1 is 1.36 bits per heavy atom. The van der Waals surface area contributed by atoms with E-state index in [0.29, 0.717) is 5.57 Å². The van der Waals surface area contributed by atoms with Gasteiger partial charge < -0.3 is 4.74 Å². The quantitative estimate of drug-likeness (QED) is 0.482. The van der Waals surface area contributed by atoms with Gasteiger partial charge in [-0.05, 0) is 26.2 Å². The summed E-state index contributed by atoms with van der Waals surface area (Å²) in [5.41, 5.74) is 0.0610. The van der Waals surface area contributed by atoms with Gasteiger partial charge in [-0.25, -0.2) is 4.79 Å². The van der Waals surface area contributed by atoms with E-state index >= 15 is 0 Å². The van der Waals surface area contributed by atoms with Crippen molar-refractivity contribution in [1.82, 2.24) is 0 Å². The Balaban J connectivity index is 4.49. The zero-order valence-corrected chi connectivity index (χ0v) is 9.72. The maximum Gasteiger partial charge on any atom is 0.333 e. The molecular weight excluding hydrogens is 176 g/mol. The van der Waals surface area contributed by atoms with Gasteiger partial charge in [0, 0.05) is 12.0 Å². The molecule has 0 saturated carbocycles. The molecule has 0 aromatic carbocycles. The monoisotopic (exact) mass is 197 g/mol. The first-order valence-electron chi connectivity index (χ1n) is 5.24. The van der Waals surface area contributed by atoms with Crippen LogP contribution in [0.4, 0.5) is 0 Å². The van der Waals surface area contributed by atoms with Crippen molar-refractivity contribution in [3.63, 3.8) is 0 Å². The minimum absolute atomic E-state index is 0.293. The molecule has 0 rings (SSSR count). The van der Waals surface area contributed by atoms with E-state index in [1.54, 1.807) is 6.92 Å². The van der Waals surface area contributed by atoms with E-state index in [-0.39, 0.29) is 5.97 Å². The third-order valence-electron chi connectivity index (χ3n) is 2.42. The molecule has 0 saturated heterocycles. The molecule has 0 aromatic heterocycles. The standard InChI is InChI=1S/C12H21O2/c1-6-9-12(7-2,8-3)14-11(13)10(4)5/h9H,4,6-8H2,1-3,5H3. The largest absolute Gasteiger partial charge is 0.455 e. The van der Waals surface area contributed by atoms with Gasteiger partial charge in [0.2, 0.25) is 0 Å². The number of carbonyl (C=O) groups is 1. The number of hydrogen-bond donors (Lipinski definition) is 0. The predicted octanol–water partition coefficient (Wildman–Crippen LogP) is 3.28. The van der Waals surface area contributed by atoms with Crippen molar-refractivity contribution in [2.45, 2.75) is 52.6 Å². The van der Waals surface area contributed by atoms with Crippen LogP contribution >= 0.6 is 0 Å². The second-order valence-corrected chi connectivity index (χ2v) is 3.55. The molecule has 81 valence electrons. The average Bonchev–Trinajstić information content (AvgIpc) is 2.16. The topological polar surface area (TPSA) is 26.3 Å². The van der Waals surface area contributed by atoms with Gasteiger partial charge >= 0.3 is 5.97 Å². The van der Waals surface area contributed by atoms with Gasteiger partial charge in [0.15, 0.2) is 0 Å². The SMILES string of the molecule is C=C(C)C(=O)OC([CH]CC)(CC)CC. The van der Waals surface area contributed by atoms with Crippen LogP contribution in [0, 0.1) is 6.42 Å². The summed E-state index contributed by atoms with van der Waals surface area (Å²) in [4.78, 5) is 11.4. The summed E-state index contributed by atoms with van der Waals surface area (Å²) in [6, 6.07) is 0. The zero-order chi connectivity index (χ0) is 11.2. The normalized spacial score (nSPS) is 11.1. The number of hydrogen-bond acceptors (Lipinski definition) is 2. The molecule has 0 heterocycles. The molecule has 0 fully saturated rings. The molecule has 1 radical (unpaired) electrons. The third kappa shape index (κ3) is 3.52. The van der Waals surface area contributed by atoms with Gasteiger partial charge in [-0.1, -0.05) is 27.4 Å². The summed E-state index contributed by atoms with van der Waals surface area (Å²) in [5, 5.41) is 0. The maximum absolute atomic E-state index is 11.4. The van der Waals surface area contributed by atoms with Crippen LogP contribution in [0.3, 0.4) is 0 Å². The summed E-state index contributed by atoms with van der Waals surface area (Å²) in [6.45, 7) is 11.4. The lowest BCUT2D eigenvalue weighted by atomic mass is 9.91. The molecule has 0 aliphatic heterocycles. The first kappa shape index (κ1) is 13.2. The molecule has 0 aliphatic rings. The Kier molecular flexibility index (Phi) is 5.51. The van der Waals surface area contributed by atoms with Crippen molar-refractivity contribution in [3.8, 4) is 0 Å². The molecule has 0 amide bonds. The maximum atomic E-state index is 11.4. The van der Waals surface area contributed by atoms with Gasteiger partial charge in [-0.3, -0.25) is 0 Å². The van der Waals surface area contributed by atoms with Crippen molar-refractivity contribution in [3.05, 3.63) is 18.6 Å². The molecule has 2 heteroatoms. The summed E-state index contributed by atoms with van der Waals surface area (Å²) in [6.07, 6.45) is 4.60. The predicted molar refractivity (Wildman–Crippen MR) is 58.8 cm³/mol. The van der Waals surface area contributed by atoms with Crippen molar-refractivity contribution < 1.29 is 9.53 Å². The number of carbonyl (C=O) groups excluding carboxylic acids is 1. The van der Waals surface area contributed by atoms with Crippen LogP contribution in [0.2, 0.25) is 0 Å². The summed E-state index contributed by atoms with van der Waals surface area (Å²) < 4.78 is 5.44. The fourth-order valence-corrected chi connectivity index (χ4v) is 1.37. The number of esters is 1. The van der Waals surface area contributed by atoms with Gasteiger partial charge in [0.05, 0.1) is 0 Å². The van der Waals surface area contributed by atoms with Crippen LogP contribution in [0.15, 0.2) is 12.2 Å². The van der Waals surface area contributed by atoms with Crippen molar-refractivity contribution in [2.24, 2.45) is 0 Å². The highest BCUT2D eigenvalue weighted by Crippen LogP contribution is 2.26. The van der Waals surface area contributed by atoms with Gasteiger partial charge in [-0.2, -0.15) is 0 Å². The number of rotatable bonds is 6. The van der Waals surface area contributed by atoms with Crippen LogP contribution in [-0.4, -0.2) is 11.6 Å². The van der Waals surface area contributed by atoms with E-state index in [0.717, 1.165) is 19.3 Å². The van der Waals surface area contributed by atoms with E-state index in [1.165, 1.54) is 0 Å². The molecule has 0 atom stereocenters. The summed E-state index contributed by atoms with van der Waals surface area (Å²) in [7, 11) is 0. The molecule has 0 aromatic rings. The Hall–Kier alpha value is -0.790. The second-order valence-electron chi connectivity index (χ2n) is 3.55. The lowest BCUT2D eigenvalue weighted by Crippen LogP contribution is -2.34. The highest BCUT2D eigenvalue weighted by atomic mass is 16.6. The minimum Gasteiger partial charge on any atom is -0.455 e. The molecule has 0 bridgehead atoms. The highest BCUT2D eigenvalue weighted by Gasteiger charge is 2.29. The van der Waals surface area contributed by atoms with Crippen LogP contribution in [0.5, 0.6) is 0 Å². The first-order chi connectivity index (χ1) is 6.51. The third-order valence-corrected chi connectivity index (χ3v) is 2.42. The van der Waals surface area contributed by atoms with Crippen LogP contribution in [0.1, 0.15) is 47.0 Å². The molecule has 0 N–H and O–H groups in total. The molecule has 0 aliphatic carbocycles. The van der Waals surface area contributed by atoms with Crippen molar-refractivity contribution in [1.29, 1.82) is 0 Å². The Bertz CT molecular complexity index is 202. The average molecular weight is 197 g/mol. The fourth-order valence-electron chi connectivity index (χ4n) is 1.37. The van der Waals surface area contributed by atoms with Crippen LogP contribution in [-0.2, 0) is 9.53 Å². The van der Waals surface area contributed by atoms with E-state index < -0.39 is 5.60 Å². The molecule has 2 nitrogen and oxygen atoms in total. The number of ether oxygens (including phenoxy) is 1. The lowest BCUT2D eigenvalue weighted by molar-refractivity contribution is -0.152. The molecular formula is C12H21O2. The van der Waals surface area contributed by atoms with Crippen molar-refractivity contribution in [2.75, 3.05) is 0 Å². The van der Waals surface area contributed by atoms with E-state index in [2.05, 4.69) is 19.9 Å². The van der Waals surface area contributed by atoms with E-state index in [9.17, 15) is 4.79 Å². The minimum atomic E-state index is -0.398. The van der Waals surface area contributed by atoms with Gasteiger partial charge in [0.1, 0.15) is 5.60 Å². The van der Waals surface area contributed by atoms with E-state index in [4.69, 9.17) is 4.74 Å². The fraction of sp³-hybridized carbons (Fsp3) is 0.667. The Labute approximate surface area is 87.3 Å². The Morgan fingerprint density at radius 3 is 2.14 bits per heavy atom. The van der Waals surface area contributed by atoms with Crippen molar-refractivity contribution >= 4 is 5.97 Å². The van der Waals surface area contributed by atoms with Gasteiger partial charge in [-0.15, -0.1) is 0 Å². The summed E-state index contributed by atoms with van der Waals surface area (Å²) >= 11 is 0.